The largest absolute Gasteiger partial charge is 0.369 e. The van der Waals surface area contributed by atoms with Crippen molar-refractivity contribution in [1.29, 1.82) is 0 Å². The Hall–Kier alpha value is -1.51. The smallest absolute Gasteiger partial charge is 0.232 e. The zero-order valence-corrected chi connectivity index (χ0v) is 17.4. The summed E-state index contributed by atoms with van der Waals surface area (Å²) >= 11 is 12.1. The van der Waals surface area contributed by atoms with Crippen LogP contribution < -0.4 is 10.0 Å². The van der Waals surface area contributed by atoms with E-state index in [0.29, 0.717) is 43.1 Å². The molecule has 0 radical (unpaired) electrons. The number of carbonyl (C=O) groups excluding carboxylic acids is 2. The van der Waals surface area contributed by atoms with E-state index in [1.54, 1.807) is 11.0 Å². The Morgan fingerprint density at radius 1 is 1.26 bits per heavy atom. The maximum atomic E-state index is 12.4. The minimum Gasteiger partial charge on any atom is -0.369 e. The molecular formula is C17H23Cl2N3O4S. The number of nitrogens with two attached hydrogens (primary N) is 1. The fourth-order valence-corrected chi connectivity index (χ4v) is 4.49. The van der Waals surface area contributed by atoms with E-state index in [9.17, 15) is 18.0 Å². The van der Waals surface area contributed by atoms with Gasteiger partial charge in [-0.15, -0.1) is 0 Å². The lowest BCUT2D eigenvalue weighted by molar-refractivity contribution is -0.134. The second-order valence-corrected chi connectivity index (χ2v) is 9.34. The average Bonchev–Trinajstić information content (AvgIpc) is 2.60. The molecule has 2 rings (SSSR count). The van der Waals surface area contributed by atoms with Crippen molar-refractivity contribution in [1.82, 2.24) is 4.90 Å². The molecule has 0 aliphatic carbocycles. The highest BCUT2D eigenvalue weighted by Crippen LogP contribution is 2.31. The first-order valence-electron chi connectivity index (χ1n) is 8.59. The fourth-order valence-electron chi connectivity index (χ4n) is 3.09. The van der Waals surface area contributed by atoms with Gasteiger partial charge in [0.05, 0.1) is 17.0 Å². The number of benzene rings is 1. The number of sulfonamides is 1. The number of hydrogen-bond donors (Lipinski definition) is 1. The molecule has 10 heteroatoms. The van der Waals surface area contributed by atoms with Gasteiger partial charge in [0.2, 0.25) is 21.8 Å². The Labute approximate surface area is 169 Å². The molecule has 2 amide bonds. The molecule has 0 unspecified atom stereocenters. The average molecular weight is 436 g/mol. The first-order valence-corrected chi connectivity index (χ1v) is 11.2. The second kappa shape index (κ2) is 9.12. The molecule has 1 aromatic carbocycles. The van der Waals surface area contributed by atoms with Crippen LogP contribution in [-0.2, 0) is 19.6 Å². The van der Waals surface area contributed by atoms with Crippen LogP contribution >= 0.6 is 23.2 Å². The van der Waals surface area contributed by atoms with Gasteiger partial charge in [0.25, 0.3) is 0 Å². The van der Waals surface area contributed by atoms with Crippen LogP contribution in [0, 0.1) is 5.92 Å². The highest BCUT2D eigenvalue weighted by atomic mass is 35.5. The van der Waals surface area contributed by atoms with Gasteiger partial charge in [0.15, 0.2) is 0 Å². The number of anilines is 1. The van der Waals surface area contributed by atoms with Crippen LogP contribution in [0.5, 0.6) is 0 Å². The predicted octanol–water partition coefficient (Wildman–Crippen LogP) is 2.26. The van der Waals surface area contributed by atoms with Gasteiger partial charge in [-0.25, -0.2) is 8.42 Å². The Kier molecular flexibility index (Phi) is 7.36. The quantitative estimate of drug-likeness (QED) is 0.709. The van der Waals surface area contributed by atoms with Crippen molar-refractivity contribution >= 4 is 50.7 Å². The van der Waals surface area contributed by atoms with Crippen molar-refractivity contribution < 1.29 is 18.0 Å². The van der Waals surface area contributed by atoms with Gasteiger partial charge in [-0.2, -0.15) is 0 Å². The van der Waals surface area contributed by atoms with Crippen LogP contribution in [0.1, 0.15) is 25.7 Å². The van der Waals surface area contributed by atoms with Crippen molar-refractivity contribution in [2.45, 2.75) is 25.7 Å². The zero-order chi connectivity index (χ0) is 20.2. The van der Waals surface area contributed by atoms with E-state index >= 15 is 0 Å². The molecule has 0 atom stereocenters. The summed E-state index contributed by atoms with van der Waals surface area (Å²) in [6.07, 6.45) is 2.75. The maximum absolute atomic E-state index is 12.4. The summed E-state index contributed by atoms with van der Waals surface area (Å²) in [7, 11) is -3.58. The SMILES string of the molecule is CS(=O)(=O)N(CCCC(=O)N1CCC(C(N)=O)CC1)c1cc(Cl)ccc1Cl. The second-order valence-electron chi connectivity index (χ2n) is 6.59. The predicted molar refractivity (Wildman–Crippen MR) is 106 cm³/mol. The molecule has 1 heterocycles. The summed E-state index contributed by atoms with van der Waals surface area (Å²) in [6, 6.07) is 4.60. The number of rotatable bonds is 7. The van der Waals surface area contributed by atoms with E-state index in [1.165, 1.54) is 12.1 Å². The van der Waals surface area contributed by atoms with Crippen LogP contribution in [-0.4, -0.2) is 51.0 Å². The number of carbonyl (C=O) groups is 2. The maximum Gasteiger partial charge on any atom is 0.232 e. The molecule has 0 spiro atoms. The van der Waals surface area contributed by atoms with E-state index in [2.05, 4.69) is 0 Å². The zero-order valence-electron chi connectivity index (χ0n) is 15.0. The number of amides is 2. The van der Waals surface area contributed by atoms with Gasteiger partial charge in [0.1, 0.15) is 0 Å². The van der Waals surface area contributed by atoms with Crippen molar-refractivity contribution in [2.24, 2.45) is 11.7 Å². The fraction of sp³-hybridized carbons (Fsp3) is 0.529. The molecule has 0 aromatic heterocycles. The first kappa shape index (κ1) is 21.8. The van der Waals surface area contributed by atoms with Crippen molar-refractivity contribution in [3.63, 3.8) is 0 Å². The van der Waals surface area contributed by atoms with E-state index in [-0.39, 0.29) is 35.7 Å². The monoisotopic (exact) mass is 435 g/mol. The van der Waals surface area contributed by atoms with Gasteiger partial charge in [-0.1, -0.05) is 23.2 Å². The molecule has 0 bridgehead atoms. The molecule has 2 N–H and O–H groups in total. The molecule has 27 heavy (non-hydrogen) atoms. The highest BCUT2D eigenvalue weighted by Gasteiger charge is 2.26. The number of halogens is 2. The normalized spacial score (nSPS) is 15.6. The van der Waals surface area contributed by atoms with Gasteiger partial charge in [-0.3, -0.25) is 13.9 Å². The summed E-state index contributed by atoms with van der Waals surface area (Å²) in [4.78, 5) is 25.2. The Bertz CT molecular complexity index is 808. The van der Waals surface area contributed by atoms with Crippen LogP contribution in [0.3, 0.4) is 0 Å². The van der Waals surface area contributed by atoms with Gasteiger partial charge in [0, 0.05) is 37.0 Å². The van der Waals surface area contributed by atoms with Gasteiger partial charge >= 0.3 is 0 Å². The first-order chi connectivity index (χ1) is 12.6. The molecule has 1 fully saturated rings. The molecule has 1 aliphatic heterocycles. The number of hydrogen-bond acceptors (Lipinski definition) is 4. The lowest BCUT2D eigenvalue weighted by atomic mass is 9.96. The molecule has 1 aromatic rings. The molecular weight excluding hydrogens is 413 g/mol. The topological polar surface area (TPSA) is 101 Å². The summed E-state index contributed by atoms with van der Waals surface area (Å²) < 4.78 is 25.5. The minimum absolute atomic E-state index is 0.0661. The van der Waals surface area contributed by atoms with Crippen LogP contribution in [0.4, 0.5) is 5.69 Å². The summed E-state index contributed by atoms with van der Waals surface area (Å²) in [5, 5.41) is 0.640. The number of nitrogens with zero attached hydrogens (tertiary/aromatic N) is 2. The van der Waals surface area contributed by atoms with Crippen LogP contribution in [0.2, 0.25) is 10.0 Å². The van der Waals surface area contributed by atoms with E-state index in [1.807, 2.05) is 0 Å². The minimum atomic E-state index is -3.58. The lowest BCUT2D eigenvalue weighted by Gasteiger charge is -2.31. The Balaban J connectivity index is 1.96. The molecule has 1 saturated heterocycles. The van der Waals surface area contributed by atoms with Gasteiger partial charge < -0.3 is 10.6 Å². The summed E-state index contributed by atoms with van der Waals surface area (Å²) in [5.41, 5.74) is 5.59. The van der Waals surface area contributed by atoms with Gasteiger partial charge in [-0.05, 0) is 37.5 Å². The van der Waals surface area contributed by atoms with Crippen molar-refractivity contribution in [3.8, 4) is 0 Å². The third kappa shape index (κ3) is 5.99. The number of primary amides is 1. The number of likely N-dealkylation sites (tertiary alicyclic amines) is 1. The summed E-state index contributed by atoms with van der Waals surface area (Å²) in [5.74, 6) is -0.576. The van der Waals surface area contributed by atoms with Crippen LogP contribution in [0.25, 0.3) is 0 Å². The van der Waals surface area contributed by atoms with Crippen LogP contribution in [0.15, 0.2) is 18.2 Å². The van der Waals surface area contributed by atoms with Crippen molar-refractivity contribution in [2.75, 3.05) is 30.2 Å². The third-order valence-electron chi connectivity index (χ3n) is 4.58. The third-order valence-corrected chi connectivity index (χ3v) is 6.31. The van der Waals surface area contributed by atoms with E-state index in [0.717, 1.165) is 10.6 Å². The van der Waals surface area contributed by atoms with E-state index < -0.39 is 10.0 Å². The highest BCUT2D eigenvalue weighted by molar-refractivity contribution is 7.92. The molecule has 0 saturated carbocycles. The number of piperidine rings is 1. The molecule has 150 valence electrons. The molecule has 1 aliphatic rings. The lowest BCUT2D eigenvalue weighted by Crippen LogP contribution is -2.42. The standard InChI is InChI=1S/C17H23Cl2N3O4S/c1-27(25,26)22(15-11-13(18)4-5-14(15)19)8-2-3-16(23)21-9-6-12(7-10-21)17(20)24/h4-5,11-12H,2-3,6-10H2,1H3,(H2,20,24). The molecule has 7 nitrogen and oxygen atoms in total. The Morgan fingerprint density at radius 3 is 2.44 bits per heavy atom. The summed E-state index contributed by atoms with van der Waals surface area (Å²) in [6.45, 7) is 1.09. The van der Waals surface area contributed by atoms with E-state index in [4.69, 9.17) is 28.9 Å². The Morgan fingerprint density at radius 2 is 1.89 bits per heavy atom. The van der Waals surface area contributed by atoms with Crippen molar-refractivity contribution in [3.05, 3.63) is 28.2 Å².